The van der Waals surface area contributed by atoms with Crippen LogP contribution in [0.5, 0.6) is 5.75 Å². The van der Waals surface area contributed by atoms with E-state index >= 15 is 0 Å². The number of hydrogen-bond donors (Lipinski definition) is 2. The molecule has 0 spiro atoms. The molecule has 0 aliphatic carbocycles. The summed E-state index contributed by atoms with van der Waals surface area (Å²) in [6, 6.07) is 7.90. The Hall–Kier alpha value is -1.43. The van der Waals surface area contributed by atoms with Crippen LogP contribution in [0.2, 0.25) is 0 Å². The molecule has 0 bridgehead atoms. The summed E-state index contributed by atoms with van der Waals surface area (Å²) in [7, 11) is 0. The Morgan fingerprint density at radius 2 is 2.22 bits per heavy atom. The SMILES string of the molecule is CC(C)Oc1cccc(C(NN)c2cncs2)c1. The molecule has 3 N–H and O–H groups in total. The monoisotopic (exact) mass is 263 g/mol. The largest absolute Gasteiger partial charge is 0.491 e. The predicted molar refractivity (Wildman–Crippen MR) is 73.5 cm³/mol. The zero-order chi connectivity index (χ0) is 13.0. The number of hydrazine groups is 1. The van der Waals surface area contributed by atoms with Crippen LogP contribution in [-0.4, -0.2) is 11.1 Å². The van der Waals surface area contributed by atoms with Gasteiger partial charge >= 0.3 is 0 Å². The Balaban J connectivity index is 2.26. The average Bonchev–Trinajstić information content (AvgIpc) is 2.83. The molecule has 96 valence electrons. The van der Waals surface area contributed by atoms with Gasteiger partial charge in [-0.2, -0.15) is 0 Å². The Labute approximate surface area is 111 Å². The number of hydrogen-bond acceptors (Lipinski definition) is 5. The Kier molecular flexibility index (Phi) is 4.30. The van der Waals surface area contributed by atoms with E-state index in [4.69, 9.17) is 10.6 Å². The Morgan fingerprint density at radius 3 is 2.83 bits per heavy atom. The lowest BCUT2D eigenvalue weighted by Crippen LogP contribution is -2.28. The van der Waals surface area contributed by atoms with Crippen molar-refractivity contribution in [1.29, 1.82) is 0 Å². The fourth-order valence-corrected chi connectivity index (χ4v) is 2.46. The van der Waals surface area contributed by atoms with Crippen LogP contribution in [0.15, 0.2) is 36.0 Å². The van der Waals surface area contributed by atoms with E-state index in [1.807, 2.05) is 44.3 Å². The van der Waals surface area contributed by atoms with Gasteiger partial charge in [-0.25, -0.2) is 5.43 Å². The molecule has 1 heterocycles. The average molecular weight is 263 g/mol. The maximum atomic E-state index is 5.69. The normalized spacial score (nSPS) is 12.7. The van der Waals surface area contributed by atoms with Crippen LogP contribution in [0.3, 0.4) is 0 Å². The van der Waals surface area contributed by atoms with Crippen LogP contribution in [0, 0.1) is 0 Å². The highest BCUT2D eigenvalue weighted by Gasteiger charge is 2.14. The predicted octanol–water partition coefficient (Wildman–Crippen LogP) is 2.48. The van der Waals surface area contributed by atoms with Crippen molar-refractivity contribution in [2.24, 2.45) is 5.84 Å². The van der Waals surface area contributed by atoms with Gasteiger partial charge in [0.1, 0.15) is 5.75 Å². The van der Waals surface area contributed by atoms with Crippen LogP contribution in [0.25, 0.3) is 0 Å². The quantitative estimate of drug-likeness (QED) is 0.642. The molecule has 0 saturated heterocycles. The fourth-order valence-electron chi connectivity index (χ4n) is 1.75. The first-order valence-corrected chi connectivity index (χ1v) is 6.70. The van der Waals surface area contributed by atoms with E-state index in [1.165, 1.54) is 0 Å². The molecule has 0 amide bonds. The number of nitrogens with two attached hydrogens (primary N) is 1. The lowest BCUT2D eigenvalue weighted by molar-refractivity contribution is 0.242. The summed E-state index contributed by atoms with van der Waals surface area (Å²) in [6.07, 6.45) is 1.98. The highest BCUT2D eigenvalue weighted by molar-refractivity contribution is 7.09. The number of rotatable bonds is 5. The second kappa shape index (κ2) is 5.95. The van der Waals surface area contributed by atoms with Gasteiger partial charge in [0.25, 0.3) is 0 Å². The molecule has 0 aliphatic heterocycles. The molecular formula is C13H17N3OS. The zero-order valence-corrected chi connectivity index (χ0v) is 11.3. The van der Waals surface area contributed by atoms with Crippen molar-refractivity contribution in [3.8, 4) is 5.75 Å². The molecule has 1 unspecified atom stereocenters. The molecular weight excluding hydrogens is 246 g/mol. The maximum absolute atomic E-state index is 5.69. The van der Waals surface area contributed by atoms with Crippen molar-refractivity contribution in [1.82, 2.24) is 10.4 Å². The van der Waals surface area contributed by atoms with Crippen LogP contribution >= 0.6 is 11.3 Å². The van der Waals surface area contributed by atoms with Gasteiger partial charge in [0.15, 0.2) is 0 Å². The first-order valence-electron chi connectivity index (χ1n) is 5.82. The third kappa shape index (κ3) is 3.07. The standard InChI is InChI=1S/C13H17N3OS/c1-9(2)17-11-5-3-4-10(6-11)13(16-14)12-7-15-8-18-12/h3-9,13,16H,14H2,1-2H3. The van der Waals surface area contributed by atoms with Crippen molar-refractivity contribution >= 4 is 11.3 Å². The summed E-state index contributed by atoms with van der Waals surface area (Å²) in [6.45, 7) is 4.02. The molecule has 0 aliphatic rings. The molecule has 1 atom stereocenters. The topological polar surface area (TPSA) is 60.2 Å². The van der Waals surface area contributed by atoms with E-state index in [-0.39, 0.29) is 12.1 Å². The van der Waals surface area contributed by atoms with Crippen molar-refractivity contribution in [3.05, 3.63) is 46.4 Å². The van der Waals surface area contributed by atoms with Gasteiger partial charge in [0.2, 0.25) is 0 Å². The van der Waals surface area contributed by atoms with Gasteiger partial charge in [-0.1, -0.05) is 12.1 Å². The molecule has 0 saturated carbocycles. The van der Waals surface area contributed by atoms with Crippen molar-refractivity contribution in [2.75, 3.05) is 0 Å². The summed E-state index contributed by atoms with van der Waals surface area (Å²) < 4.78 is 5.69. The number of benzene rings is 1. The molecule has 0 radical (unpaired) electrons. The van der Waals surface area contributed by atoms with Crippen LogP contribution in [0.1, 0.15) is 30.3 Å². The van der Waals surface area contributed by atoms with E-state index in [9.17, 15) is 0 Å². The molecule has 18 heavy (non-hydrogen) atoms. The number of thiazole rings is 1. The number of ether oxygens (including phenoxy) is 1. The highest BCUT2D eigenvalue weighted by Crippen LogP contribution is 2.27. The van der Waals surface area contributed by atoms with E-state index in [0.717, 1.165) is 16.2 Å². The summed E-state index contributed by atoms with van der Waals surface area (Å²) >= 11 is 1.58. The van der Waals surface area contributed by atoms with Crippen LogP contribution in [0.4, 0.5) is 0 Å². The number of nitrogens with one attached hydrogen (secondary N) is 1. The van der Waals surface area contributed by atoms with Gasteiger partial charge < -0.3 is 4.74 Å². The molecule has 1 aromatic heterocycles. The second-order valence-corrected chi connectivity index (χ2v) is 5.16. The van der Waals surface area contributed by atoms with E-state index in [0.29, 0.717) is 0 Å². The van der Waals surface area contributed by atoms with Crippen molar-refractivity contribution < 1.29 is 4.74 Å². The molecule has 5 heteroatoms. The van der Waals surface area contributed by atoms with Gasteiger partial charge in [0, 0.05) is 11.1 Å². The van der Waals surface area contributed by atoms with Crippen molar-refractivity contribution in [2.45, 2.75) is 26.0 Å². The maximum Gasteiger partial charge on any atom is 0.120 e. The van der Waals surface area contributed by atoms with Gasteiger partial charge in [0.05, 0.1) is 17.7 Å². The summed E-state index contributed by atoms with van der Waals surface area (Å²) in [4.78, 5) is 5.16. The molecule has 4 nitrogen and oxygen atoms in total. The fraction of sp³-hybridized carbons (Fsp3) is 0.308. The minimum absolute atomic E-state index is 0.0480. The first-order chi connectivity index (χ1) is 8.70. The zero-order valence-electron chi connectivity index (χ0n) is 10.5. The summed E-state index contributed by atoms with van der Waals surface area (Å²) in [5.41, 5.74) is 5.69. The van der Waals surface area contributed by atoms with Gasteiger partial charge in [-0.05, 0) is 31.5 Å². The molecule has 2 rings (SSSR count). The lowest BCUT2D eigenvalue weighted by Gasteiger charge is -2.16. The van der Waals surface area contributed by atoms with Gasteiger partial charge in [-0.15, -0.1) is 11.3 Å². The molecule has 1 aromatic carbocycles. The lowest BCUT2D eigenvalue weighted by atomic mass is 10.1. The third-order valence-corrected chi connectivity index (χ3v) is 3.31. The van der Waals surface area contributed by atoms with E-state index in [2.05, 4.69) is 10.4 Å². The minimum atomic E-state index is -0.0480. The number of nitrogens with zero attached hydrogens (tertiary/aromatic N) is 1. The van der Waals surface area contributed by atoms with Gasteiger partial charge in [-0.3, -0.25) is 10.8 Å². The van der Waals surface area contributed by atoms with Crippen LogP contribution < -0.4 is 16.0 Å². The highest BCUT2D eigenvalue weighted by atomic mass is 32.1. The smallest absolute Gasteiger partial charge is 0.120 e. The second-order valence-electron chi connectivity index (χ2n) is 4.24. The first kappa shape index (κ1) is 13.0. The number of aromatic nitrogens is 1. The summed E-state index contributed by atoms with van der Waals surface area (Å²) in [5, 5.41) is 0. The summed E-state index contributed by atoms with van der Waals surface area (Å²) in [5.74, 6) is 6.49. The molecule has 0 fully saturated rings. The minimum Gasteiger partial charge on any atom is -0.491 e. The van der Waals surface area contributed by atoms with Crippen molar-refractivity contribution in [3.63, 3.8) is 0 Å². The van der Waals surface area contributed by atoms with Crippen LogP contribution in [-0.2, 0) is 0 Å². The van der Waals surface area contributed by atoms with E-state index in [1.54, 1.807) is 16.8 Å². The van der Waals surface area contributed by atoms with E-state index < -0.39 is 0 Å². The Morgan fingerprint density at radius 1 is 1.39 bits per heavy atom. The Bertz CT molecular complexity index is 485. The molecule has 2 aromatic rings. The third-order valence-electron chi connectivity index (χ3n) is 2.47.